The Morgan fingerprint density at radius 1 is 1.44 bits per heavy atom. The molecule has 0 aliphatic carbocycles. The Morgan fingerprint density at radius 2 is 2.06 bits per heavy atom. The molecule has 1 amide bonds. The number of amides is 1. The van der Waals surface area contributed by atoms with Crippen LogP contribution in [0.3, 0.4) is 0 Å². The highest BCUT2D eigenvalue weighted by Crippen LogP contribution is 2.38. The number of benzene rings is 1. The van der Waals surface area contributed by atoms with Gasteiger partial charge in [0, 0.05) is 11.4 Å². The van der Waals surface area contributed by atoms with Crippen molar-refractivity contribution in [2.45, 2.75) is 23.4 Å². The lowest BCUT2D eigenvalue weighted by Crippen LogP contribution is -2.30. The smallest absolute Gasteiger partial charge is 0.392 e. The quantitative estimate of drug-likeness (QED) is 0.832. The predicted octanol–water partition coefficient (Wildman–Crippen LogP) is 2.41. The van der Waals surface area contributed by atoms with Gasteiger partial charge in [-0.1, -0.05) is 12.1 Å². The summed E-state index contributed by atoms with van der Waals surface area (Å²) in [6.07, 6.45) is -0.753. The minimum Gasteiger partial charge on any atom is -0.392 e. The third-order valence-corrected chi connectivity index (χ3v) is 2.72. The molecule has 0 aromatic heterocycles. The van der Waals surface area contributed by atoms with E-state index in [9.17, 15) is 18.0 Å². The maximum atomic E-state index is 12.3. The van der Waals surface area contributed by atoms with Crippen molar-refractivity contribution < 1.29 is 23.1 Å². The monoisotopic (exact) mass is 279 g/mol. The van der Waals surface area contributed by atoms with Crippen LogP contribution in [0.2, 0.25) is 0 Å². The summed E-state index contributed by atoms with van der Waals surface area (Å²) in [6, 6.07) is 5.46. The number of carbonyl (C=O) groups excluding carboxylic acids is 1. The topological polar surface area (TPSA) is 49.3 Å². The molecule has 0 spiro atoms. The summed E-state index contributed by atoms with van der Waals surface area (Å²) < 4.78 is 36.9. The van der Waals surface area contributed by atoms with Gasteiger partial charge in [0.1, 0.15) is 0 Å². The highest BCUT2D eigenvalue weighted by atomic mass is 32.2. The second-order valence-corrected chi connectivity index (χ2v) is 4.71. The van der Waals surface area contributed by atoms with Gasteiger partial charge in [-0.3, -0.25) is 4.79 Å². The highest BCUT2D eigenvalue weighted by Gasteiger charge is 2.31. The van der Waals surface area contributed by atoms with Crippen LogP contribution in [-0.2, 0) is 0 Å². The summed E-state index contributed by atoms with van der Waals surface area (Å²) in [5, 5.41) is 11.4. The van der Waals surface area contributed by atoms with E-state index in [0.717, 1.165) is 0 Å². The third-order valence-electron chi connectivity index (χ3n) is 1.92. The molecule has 7 heteroatoms. The minimum atomic E-state index is -4.44. The van der Waals surface area contributed by atoms with Crippen molar-refractivity contribution in [2.24, 2.45) is 0 Å². The first kappa shape index (κ1) is 14.8. The van der Waals surface area contributed by atoms with Crippen LogP contribution in [0.15, 0.2) is 29.2 Å². The molecule has 0 unspecified atom stereocenters. The summed E-state index contributed by atoms with van der Waals surface area (Å²) in [5.41, 5.74) is -4.50. The Hall–Kier alpha value is -1.21. The van der Waals surface area contributed by atoms with Crippen LogP contribution in [0.25, 0.3) is 0 Å². The van der Waals surface area contributed by atoms with E-state index < -0.39 is 17.5 Å². The maximum Gasteiger partial charge on any atom is 0.446 e. The summed E-state index contributed by atoms with van der Waals surface area (Å²) >= 11 is -0.333. The molecular weight excluding hydrogens is 267 g/mol. The Kier molecular flexibility index (Phi) is 5.03. The fraction of sp³-hybridized carbons (Fsp3) is 0.364. The zero-order valence-electron chi connectivity index (χ0n) is 9.49. The first-order valence-corrected chi connectivity index (χ1v) is 5.92. The van der Waals surface area contributed by atoms with Crippen LogP contribution in [0.1, 0.15) is 17.3 Å². The number of aliphatic hydroxyl groups is 1. The third kappa shape index (κ3) is 4.97. The molecule has 0 bridgehead atoms. The van der Waals surface area contributed by atoms with E-state index in [1.807, 2.05) is 0 Å². The summed E-state index contributed by atoms with van der Waals surface area (Å²) in [5.74, 6) is -0.636. The van der Waals surface area contributed by atoms with E-state index in [1.165, 1.54) is 31.2 Å². The average Bonchev–Trinajstić information content (AvgIpc) is 2.24. The summed E-state index contributed by atoms with van der Waals surface area (Å²) in [6.45, 7) is 1.46. The molecule has 0 fully saturated rings. The van der Waals surface area contributed by atoms with E-state index in [2.05, 4.69) is 5.32 Å². The van der Waals surface area contributed by atoms with E-state index in [1.54, 1.807) is 0 Å². The van der Waals surface area contributed by atoms with Crippen molar-refractivity contribution in [2.75, 3.05) is 6.54 Å². The molecule has 100 valence electrons. The molecule has 1 rings (SSSR count). The molecule has 1 aromatic rings. The standard InChI is InChI=1S/C11H12F3NO2S/c1-7(16)6-15-10(17)8-4-2-3-5-9(8)18-11(12,13)14/h2-5,7,16H,6H2,1H3,(H,15,17)/t7-/m1/s1. The minimum absolute atomic E-state index is 0.0101. The number of nitrogens with one attached hydrogen (secondary N) is 1. The van der Waals surface area contributed by atoms with E-state index >= 15 is 0 Å². The van der Waals surface area contributed by atoms with Gasteiger partial charge >= 0.3 is 5.51 Å². The first-order valence-electron chi connectivity index (χ1n) is 5.10. The fourth-order valence-corrected chi connectivity index (χ4v) is 1.87. The molecule has 3 nitrogen and oxygen atoms in total. The number of halogens is 3. The van der Waals surface area contributed by atoms with Gasteiger partial charge in [0.25, 0.3) is 5.91 Å². The van der Waals surface area contributed by atoms with Crippen LogP contribution in [0.4, 0.5) is 13.2 Å². The lowest BCUT2D eigenvalue weighted by Gasteiger charge is -2.12. The lowest BCUT2D eigenvalue weighted by atomic mass is 10.2. The van der Waals surface area contributed by atoms with Crippen LogP contribution < -0.4 is 5.32 Å². The number of hydrogen-bond acceptors (Lipinski definition) is 3. The molecule has 2 N–H and O–H groups in total. The largest absolute Gasteiger partial charge is 0.446 e. The Balaban J connectivity index is 2.84. The predicted molar refractivity (Wildman–Crippen MR) is 62.4 cm³/mol. The number of thioether (sulfide) groups is 1. The van der Waals surface area contributed by atoms with Crippen LogP contribution in [-0.4, -0.2) is 29.2 Å². The lowest BCUT2D eigenvalue weighted by molar-refractivity contribution is -0.0328. The number of aliphatic hydroxyl groups excluding tert-OH is 1. The van der Waals surface area contributed by atoms with Crippen molar-refractivity contribution in [3.63, 3.8) is 0 Å². The van der Waals surface area contributed by atoms with Crippen LogP contribution in [0.5, 0.6) is 0 Å². The van der Waals surface area contributed by atoms with Gasteiger partial charge in [0.15, 0.2) is 0 Å². The van der Waals surface area contributed by atoms with Gasteiger partial charge in [0.05, 0.1) is 11.7 Å². The van der Waals surface area contributed by atoms with Crippen LogP contribution >= 0.6 is 11.8 Å². The molecule has 0 heterocycles. The molecule has 0 aliphatic rings. The van der Waals surface area contributed by atoms with Gasteiger partial charge in [-0.25, -0.2) is 0 Å². The Bertz CT molecular complexity index is 421. The number of rotatable bonds is 4. The fourth-order valence-electron chi connectivity index (χ4n) is 1.20. The first-order chi connectivity index (χ1) is 8.29. The molecule has 0 aliphatic heterocycles. The van der Waals surface area contributed by atoms with E-state index in [-0.39, 0.29) is 28.8 Å². The molecule has 0 radical (unpaired) electrons. The number of carbonyl (C=O) groups is 1. The Morgan fingerprint density at radius 3 is 2.61 bits per heavy atom. The molecule has 1 atom stereocenters. The van der Waals surface area contributed by atoms with Crippen molar-refractivity contribution in [1.29, 1.82) is 0 Å². The average molecular weight is 279 g/mol. The second kappa shape index (κ2) is 6.10. The molecular formula is C11H12F3NO2S. The summed E-state index contributed by atoms with van der Waals surface area (Å²) in [4.78, 5) is 11.5. The van der Waals surface area contributed by atoms with Crippen LogP contribution in [0, 0.1) is 0 Å². The van der Waals surface area contributed by atoms with Gasteiger partial charge in [-0.2, -0.15) is 13.2 Å². The van der Waals surface area contributed by atoms with Gasteiger partial charge in [-0.15, -0.1) is 0 Å². The summed E-state index contributed by atoms with van der Waals surface area (Å²) in [7, 11) is 0. The normalized spacial score (nSPS) is 13.2. The molecule has 1 aromatic carbocycles. The number of hydrogen-bond donors (Lipinski definition) is 2. The van der Waals surface area contributed by atoms with Gasteiger partial charge in [-0.05, 0) is 30.8 Å². The second-order valence-electron chi connectivity index (χ2n) is 3.60. The van der Waals surface area contributed by atoms with Gasteiger partial charge < -0.3 is 10.4 Å². The zero-order chi connectivity index (χ0) is 13.8. The zero-order valence-corrected chi connectivity index (χ0v) is 10.3. The highest BCUT2D eigenvalue weighted by molar-refractivity contribution is 8.00. The molecule has 0 saturated carbocycles. The van der Waals surface area contributed by atoms with Gasteiger partial charge in [0.2, 0.25) is 0 Å². The maximum absolute atomic E-state index is 12.3. The molecule has 0 saturated heterocycles. The van der Waals surface area contributed by atoms with Crippen molar-refractivity contribution in [1.82, 2.24) is 5.32 Å². The SMILES string of the molecule is C[C@@H](O)CNC(=O)c1ccccc1SC(F)(F)F. The van der Waals surface area contributed by atoms with E-state index in [0.29, 0.717) is 0 Å². The van der Waals surface area contributed by atoms with Crippen molar-refractivity contribution in [3.8, 4) is 0 Å². The van der Waals surface area contributed by atoms with Crippen molar-refractivity contribution in [3.05, 3.63) is 29.8 Å². The Labute approximate surface area is 106 Å². The van der Waals surface area contributed by atoms with Crippen molar-refractivity contribution >= 4 is 17.7 Å². The molecule has 18 heavy (non-hydrogen) atoms. The van der Waals surface area contributed by atoms with E-state index in [4.69, 9.17) is 5.11 Å². The number of alkyl halides is 3.